The predicted molar refractivity (Wildman–Crippen MR) is 87.3 cm³/mol. The lowest BCUT2D eigenvalue weighted by Gasteiger charge is -2.30. The molecule has 1 rings (SSSR count). The van der Waals surface area contributed by atoms with E-state index in [1.54, 1.807) is 18.7 Å². The quantitative estimate of drug-likeness (QED) is 0.807. The maximum absolute atomic E-state index is 12.3. The molecule has 0 aliphatic rings. The van der Waals surface area contributed by atoms with Crippen LogP contribution in [0.15, 0.2) is 30.3 Å². The van der Waals surface area contributed by atoms with Crippen molar-refractivity contribution >= 4 is 11.6 Å². The van der Waals surface area contributed by atoms with Crippen LogP contribution in [0.3, 0.4) is 0 Å². The Kier molecular flexibility index (Phi) is 6.39. The molecule has 0 aliphatic heterocycles. The van der Waals surface area contributed by atoms with Crippen molar-refractivity contribution in [2.24, 2.45) is 5.92 Å². The van der Waals surface area contributed by atoms with Gasteiger partial charge in [0.1, 0.15) is 5.54 Å². The summed E-state index contributed by atoms with van der Waals surface area (Å²) in [6.45, 7) is 7.64. The number of hydrogen-bond acceptors (Lipinski definition) is 4. The molecule has 2 atom stereocenters. The predicted octanol–water partition coefficient (Wildman–Crippen LogP) is 1.93. The summed E-state index contributed by atoms with van der Waals surface area (Å²) in [5.41, 5.74) is -0.0358. The van der Waals surface area contributed by atoms with Gasteiger partial charge in [-0.15, -0.1) is 0 Å². The molecule has 2 N–H and O–H groups in total. The summed E-state index contributed by atoms with van der Waals surface area (Å²) in [6, 6.07) is 11.6. The molecule has 120 valence electrons. The van der Waals surface area contributed by atoms with Gasteiger partial charge in [-0.2, -0.15) is 5.26 Å². The highest BCUT2D eigenvalue weighted by molar-refractivity contribution is 5.82. The number of anilines is 1. The summed E-state index contributed by atoms with van der Waals surface area (Å²) in [4.78, 5) is 14.1. The van der Waals surface area contributed by atoms with Gasteiger partial charge in [0.2, 0.25) is 5.91 Å². The Hall–Kier alpha value is -2.06. The van der Waals surface area contributed by atoms with Gasteiger partial charge in [-0.25, -0.2) is 0 Å². The first-order valence-corrected chi connectivity index (χ1v) is 7.49. The number of aliphatic hydroxyl groups excluding tert-OH is 1. The van der Waals surface area contributed by atoms with E-state index in [2.05, 4.69) is 11.4 Å². The fourth-order valence-corrected chi connectivity index (χ4v) is 2.02. The Morgan fingerprint density at radius 1 is 1.36 bits per heavy atom. The fourth-order valence-electron chi connectivity index (χ4n) is 2.02. The largest absolute Gasteiger partial charge is 0.392 e. The monoisotopic (exact) mass is 303 g/mol. The second-order valence-electron chi connectivity index (χ2n) is 6.08. The summed E-state index contributed by atoms with van der Waals surface area (Å²) < 4.78 is 0. The molecule has 0 aromatic heterocycles. The van der Waals surface area contributed by atoms with E-state index in [0.717, 1.165) is 5.69 Å². The number of para-hydroxylation sites is 1. The summed E-state index contributed by atoms with van der Waals surface area (Å²) in [6.07, 6.45) is -0.555. The van der Waals surface area contributed by atoms with Crippen molar-refractivity contribution in [3.63, 3.8) is 0 Å². The van der Waals surface area contributed by atoms with Gasteiger partial charge in [0.25, 0.3) is 0 Å². The summed E-state index contributed by atoms with van der Waals surface area (Å²) in [7, 11) is 0. The lowest BCUT2D eigenvalue weighted by molar-refractivity contribution is -0.121. The maximum atomic E-state index is 12.3. The number of rotatable bonds is 7. The lowest BCUT2D eigenvalue weighted by atomic mass is 9.90. The highest BCUT2D eigenvalue weighted by atomic mass is 16.3. The zero-order valence-corrected chi connectivity index (χ0v) is 13.7. The number of benzene rings is 1. The van der Waals surface area contributed by atoms with E-state index >= 15 is 0 Å². The molecule has 0 heterocycles. The number of nitrogens with one attached hydrogen (secondary N) is 1. The molecule has 0 saturated carbocycles. The van der Waals surface area contributed by atoms with Crippen molar-refractivity contribution in [2.75, 3.05) is 18.0 Å². The van der Waals surface area contributed by atoms with E-state index in [4.69, 9.17) is 0 Å². The Morgan fingerprint density at radius 2 is 1.95 bits per heavy atom. The van der Waals surface area contributed by atoms with Crippen molar-refractivity contribution in [2.45, 2.75) is 39.3 Å². The van der Waals surface area contributed by atoms with Gasteiger partial charge in [-0.05, 0) is 31.9 Å². The molecule has 0 aliphatic carbocycles. The molecule has 0 radical (unpaired) electrons. The zero-order chi connectivity index (χ0) is 16.8. The smallest absolute Gasteiger partial charge is 0.240 e. The van der Waals surface area contributed by atoms with Gasteiger partial charge in [-0.1, -0.05) is 32.0 Å². The molecule has 5 heteroatoms. The van der Waals surface area contributed by atoms with Crippen LogP contribution in [0.2, 0.25) is 0 Å². The van der Waals surface area contributed by atoms with Crippen molar-refractivity contribution in [3.05, 3.63) is 30.3 Å². The summed E-state index contributed by atoms with van der Waals surface area (Å²) >= 11 is 0. The Labute approximate surface area is 132 Å². The van der Waals surface area contributed by atoms with E-state index in [0.29, 0.717) is 6.54 Å². The second kappa shape index (κ2) is 7.81. The average Bonchev–Trinajstić information content (AvgIpc) is 2.46. The summed E-state index contributed by atoms with van der Waals surface area (Å²) in [5, 5.41) is 21.7. The molecular weight excluding hydrogens is 278 g/mol. The van der Waals surface area contributed by atoms with Crippen molar-refractivity contribution < 1.29 is 9.90 Å². The number of aliphatic hydroxyl groups is 1. The first-order valence-electron chi connectivity index (χ1n) is 7.49. The third kappa shape index (κ3) is 5.05. The van der Waals surface area contributed by atoms with Crippen molar-refractivity contribution in [1.82, 2.24) is 5.32 Å². The number of hydrogen-bond donors (Lipinski definition) is 2. The number of nitriles is 1. The molecule has 22 heavy (non-hydrogen) atoms. The number of carbonyl (C=O) groups is 1. The lowest BCUT2D eigenvalue weighted by Crippen LogP contribution is -2.52. The van der Waals surface area contributed by atoms with Crippen LogP contribution in [0, 0.1) is 17.2 Å². The molecular formula is C17H25N3O2. The third-order valence-corrected chi connectivity index (χ3v) is 3.73. The molecule has 1 aromatic rings. The Morgan fingerprint density at radius 3 is 2.41 bits per heavy atom. The average molecular weight is 303 g/mol. The molecule has 1 amide bonds. The molecule has 0 saturated heterocycles. The van der Waals surface area contributed by atoms with Gasteiger partial charge >= 0.3 is 0 Å². The van der Waals surface area contributed by atoms with Gasteiger partial charge in [-0.3, -0.25) is 4.79 Å². The topological polar surface area (TPSA) is 76.4 Å². The van der Waals surface area contributed by atoms with Gasteiger partial charge in [0, 0.05) is 12.2 Å². The van der Waals surface area contributed by atoms with Crippen LogP contribution in [0.1, 0.15) is 27.7 Å². The zero-order valence-electron chi connectivity index (χ0n) is 13.7. The number of amides is 1. The van der Waals surface area contributed by atoms with Crippen LogP contribution in [0.4, 0.5) is 5.69 Å². The molecule has 5 nitrogen and oxygen atoms in total. The normalized spacial score (nSPS) is 14.8. The number of nitrogens with zero attached hydrogens (tertiary/aromatic N) is 2. The van der Waals surface area contributed by atoms with Crippen LogP contribution in [-0.2, 0) is 4.79 Å². The highest BCUT2D eigenvalue weighted by Gasteiger charge is 2.30. The van der Waals surface area contributed by atoms with E-state index in [1.165, 1.54) is 0 Å². The van der Waals surface area contributed by atoms with E-state index in [9.17, 15) is 15.2 Å². The minimum Gasteiger partial charge on any atom is -0.392 e. The highest BCUT2D eigenvalue weighted by Crippen LogP contribution is 2.16. The fraction of sp³-hybridized carbons (Fsp3) is 0.529. The number of carbonyl (C=O) groups excluding carboxylic acids is 1. The molecule has 0 spiro atoms. The first-order chi connectivity index (χ1) is 10.3. The summed E-state index contributed by atoms with van der Waals surface area (Å²) in [5.74, 6) is -0.231. The SMILES string of the molecule is CC(O)CN(CC(=O)NC(C)(C#N)C(C)C)c1ccccc1. The first kappa shape index (κ1) is 18.0. The Balaban J connectivity index is 2.83. The van der Waals surface area contributed by atoms with Crippen LogP contribution in [0.5, 0.6) is 0 Å². The van der Waals surface area contributed by atoms with Crippen LogP contribution < -0.4 is 10.2 Å². The van der Waals surface area contributed by atoms with Crippen molar-refractivity contribution in [3.8, 4) is 6.07 Å². The van der Waals surface area contributed by atoms with E-state index in [-0.39, 0.29) is 18.4 Å². The Bertz CT molecular complexity index is 522. The van der Waals surface area contributed by atoms with Gasteiger partial charge in [0.15, 0.2) is 0 Å². The molecule has 0 bridgehead atoms. The standard InChI is InChI=1S/C17H25N3O2/c1-13(2)17(4,12-18)19-16(22)11-20(10-14(3)21)15-8-6-5-7-9-15/h5-9,13-14,21H,10-11H2,1-4H3,(H,19,22). The molecule has 0 fully saturated rings. The van der Waals surface area contributed by atoms with Crippen LogP contribution in [0.25, 0.3) is 0 Å². The molecule has 2 unspecified atom stereocenters. The van der Waals surface area contributed by atoms with Crippen LogP contribution in [-0.4, -0.2) is 35.7 Å². The molecule has 1 aromatic carbocycles. The second-order valence-corrected chi connectivity index (χ2v) is 6.08. The van der Waals surface area contributed by atoms with Gasteiger partial charge < -0.3 is 15.3 Å². The van der Waals surface area contributed by atoms with E-state index in [1.807, 2.05) is 44.2 Å². The maximum Gasteiger partial charge on any atom is 0.240 e. The minimum absolute atomic E-state index is 0.00314. The van der Waals surface area contributed by atoms with Crippen LogP contribution >= 0.6 is 0 Å². The van der Waals surface area contributed by atoms with E-state index < -0.39 is 11.6 Å². The van der Waals surface area contributed by atoms with Crippen molar-refractivity contribution in [1.29, 1.82) is 5.26 Å². The third-order valence-electron chi connectivity index (χ3n) is 3.73. The minimum atomic E-state index is -0.899. The van der Waals surface area contributed by atoms with Gasteiger partial charge in [0.05, 0.1) is 18.7 Å².